The van der Waals surface area contributed by atoms with E-state index in [1.807, 2.05) is 12.1 Å². The summed E-state index contributed by atoms with van der Waals surface area (Å²) in [4.78, 5) is 12.1. The predicted molar refractivity (Wildman–Crippen MR) is 67.2 cm³/mol. The first-order valence-corrected chi connectivity index (χ1v) is 6.21. The Hall–Kier alpha value is -1.07. The third-order valence-electron chi connectivity index (χ3n) is 2.91. The van der Waals surface area contributed by atoms with Crippen LogP contribution in [0, 0.1) is 0 Å². The predicted octanol–water partition coefficient (Wildman–Crippen LogP) is 2.67. The number of benzene rings is 1. The second kappa shape index (κ2) is 5.06. The number of hydrogen-bond acceptors (Lipinski definition) is 2. The van der Waals surface area contributed by atoms with Crippen molar-refractivity contribution >= 4 is 22.0 Å². The van der Waals surface area contributed by atoms with Gasteiger partial charge in [0.05, 0.1) is 13.2 Å². The van der Waals surface area contributed by atoms with Crippen LogP contribution in [0.2, 0.25) is 0 Å². The molecule has 1 atom stereocenters. The molecule has 5 heteroatoms. The Kier molecular flexibility index (Phi) is 3.69. The van der Waals surface area contributed by atoms with E-state index in [0.29, 0.717) is 13.2 Å². The molecule has 1 aromatic carbocycles. The van der Waals surface area contributed by atoms with E-state index in [9.17, 15) is 4.79 Å². The minimum Gasteiger partial charge on any atom is -0.465 e. The van der Waals surface area contributed by atoms with Crippen LogP contribution in [0.1, 0.15) is 17.2 Å². The number of carboxylic acid groups (broad SMARTS) is 1. The smallest absolute Gasteiger partial charge is 0.407 e. The first kappa shape index (κ1) is 12.4. The molecule has 0 fully saturated rings. The van der Waals surface area contributed by atoms with Gasteiger partial charge in [-0.3, -0.25) is 0 Å². The summed E-state index contributed by atoms with van der Waals surface area (Å²) >= 11 is 3.44. The van der Waals surface area contributed by atoms with Gasteiger partial charge in [0, 0.05) is 11.5 Å². The number of ether oxygens (including phenoxy) is 1. The molecule has 0 bridgehead atoms. The van der Waals surface area contributed by atoms with Crippen molar-refractivity contribution in [1.29, 1.82) is 0 Å². The molecule has 2 rings (SSSR count). The topological polar surface area (TPSA) is 49.8 Å². The van der Waals surface area contributed by atoms with Crippen molar-refractivity contribution in [2.45, 2.75) is 12.5 Å². The molecule has 0 saturated carbocycles. The van der Waals surface area contributed by atoms with Gasteiger partial charge in [0.25, 0.3) is 0 Å². The second-order valence-electron chi connectivity index (χ2n) is 4.12. The van der Waals surface area contributed by atoms with E-state index in [1.165, 1.54) is 10.5 Å². The van der Waals surface area contributed by atoms with Crippen LogP contribution < -0.4 is 0 Å². The Morgan fingerprint density at radius 3 is 3.12 bits per heavy atom. The molecule has 0 saturated heterocycles. The molecule has 1 unspecified atom stereocenters. The number of fused-ring (bicyclic) bond motifs is 1. The van der Waals surface area contributed by atoms with Crippen molar-refractivity contribution in [1.82, 2.24) is 4.90 Å². The lowest BCUT2D eigenvalue weighted by Gasteiger charge is -2.28. The minimum absolute atomic E-state index is 0.159. The van der Waals surface area contributed by atoms with E-state index in [2.05, 4.69) is 22.0 Å². The summed E-state index contributed by atoms with van der Waals surface area (Å²) in [7, 11) is 1.55. The number of hydrogen-bond donors (Lipinski definition) is 1. The molecule has 1 aliphatic rings. The molecule has 0 aliphatic carbocycles. The van der Waals surface area contributed by atoms with Crippen molar-refractivity contribution < 1.29 is 14.6 Å². The molecule has 1 aromatic rings. The second-order valence-corrected chi connectivity index (χ2v) is 5.03. The highest BCUT2D eigenvalue weighted by Gasteiger charge is 2.23. The highest BCUT2D eigenvalue weighted by molar-refractivity contribution is 9.10. The Morgan fingerprint density at radius 1 is 1.65 bits per heavy atom. The van der Waals surface area contributed by atoms with Gasteiger partial charge in [0.2, 0.25) is 0 Å². The molecular weight excluding hydrogens is 286 g/mol. The Bertz CT molecular complexity index is 436. The molecule has 0 aromatic heterocycles. The highest BCUT2D eigenvalue weighted by atomic mass is 79.9. The van der Waals surface area contributed by atoms with Crippen molar-refractivity contribution in [2.24, 2.45) is 0 Å². The molecule has 92 valence electrons. The van der Waals surface area contributed by atoms with Crippen LogP contribution in [0.5, 0.6) is 0 Å². The molecule has 1 amide bonds. The fourth-order valence-electron chi connectivity index (χ4n) is 1.98. The van der Waals surface area contributed by atoms with E-state index in [1.54, 1.807) is 7.05 Å². The lowest BCUT2D eigenvalue weighted by atomic mass is 9.97. The minimum atomic E-state index is -0.933. The normalized spacial score (nSPS) is 18.6. The van der Waals surface area contributed by atoms with Gasteiger partial charge in [0.15, 0.2) is 0 Å². The summed E-state index contributed by atoms with van der Waals surface area (Å²) in [5, 5.41) is 8.87. The van der Waals surface area contributed by atoms with Gasteiger partial charge in [0.1, 0.15) is 6.10 Å². The molecule has 4 nitrogen and oxygen atoms in total. The molecule has 1 heterocycles. The quantitative estimate of drug-likeness (QED) is 0.913. The number of likely N-dealkylation sites (N-methyl/N-ethyl adjacent to an activating group) is 1. The van der Waals surface area contributed by atoms with E-state index < -0.39 is 6.09 Å². The van der Waals surface area contributed by atoms with Gasteiger partial charge in [-0.1, -0.05) is 22.0 Å². The fourth-order valence-corrected chi connectivity index (χ4v) is 2.39. The number of amides is 1. The zero-order valence-corrected chi connectivity index (χ0v) is 11.1. The van der Waals surface area contributed by atoms with Crippen LogP contribution in [-0.4, -0.2) is 36.3 Å². The van der Waals surface area contributed by atoms with Crippen molar-refractivity contribution in [3.05, 3.63) is 33.8 Å². The summed E-state index contributed by atoms with van der Waals surface area (Å²) < 4.78 is 6.69. The first-order chi connectivity index (χ1) is 8.08. The number of nitrogens with zero attached hydrogens (tertiary/aromatic N) is 1. The van der Waals surface area contributed by atoms with Gasteiger partial charge >= 0.3 is 6.09 Å². The Labute approximate surface area is 108 Å². The number of halogens is 1. The molecule has 17 heavy (non-hydrogen) atoms. The lowest BCUT2D eigenvalue weighted by Crippen LogP contribution is -2.32. The largest absolute Gasteiger partial charge is 0.465 e. The molecule has 1 aliphatic heterocycles. The zero-order valence-electron chi connectivity index (χ0n) is 9.52. The number of rotatable bonds is 2. The third-order valence-corrected chi connectivity index (χ3v) is 3.40. The molecule has 1 N–H and O–H groups in total. The van der Waals surface area contributed by atoms with Crippen LogP contribution >= 0.6 is 15.9 Å². The summed E-state index contributed by atoms with van der Waals surface area (Å²) in [6, 6.07) is 6.03. The van der Waals surface area contributed by atoms with Gasteiger partial charge in [-0.05, 0) is 29.7 Å². The summed E-state index contributed by atoms with van der Waals surface area (Å²) in [5.41, 5.74) is 2.32. The summed E-state index contributed by atoms with van der Waals surface area (Å²) in [6.07, 6.45) is -0.215. The SMILES string of the molecule is CN(CC1OCCc2cc(Br)ccc21)C(=O)O. The molecule has 0 spiro atoms. The maximum absolute atomic E-state index is 10.8. The van der Waals surface area contributed by atoms with Crippen LogP contribution in [-0.2, 0) is 11.2 Å². The van der Waals surface area contributed by atoms with Crippen LogP contribution in [0.4, 0.5) is 4.79 Å². The lowest BCUT2D eigenvalue weighted by molar-refractivity contribution is 0.0223. The molecular formula is C12H14BrNO3. The van der Waals surface area contributed by atoms with E-state index >= 15 is 0 Å². The van der Waals surface area contributed by atoms with Crippen molar-refractivity contribution in [3.63, 3.8) is 0 Å². The molecule has 0 radical (unpaired) electrons. The van der Waals surface area contributed by atoms with Crippen molar-refractivity contribution in [3.8, 4) is 0 Å². The van der Waals surface area contributed by atoms with Gasteiger partial charge in [-0.15, -0.1) is 0 Å². The number of carbonyl (C=O) groups is 1. The third kappa shape index (κ3) is 2.79. The Balaban J connectivity index is 2.20. The monoisotopic (exact) mass is 299 g/mol. The van der Waals surface area contributed by atoms with Crippen molar-refractivity contribution in [2.75, 3.05) is 20.2 Å². The van der Waals surface area contributed by atoms with Crippen LogP contribution in [0.3, 0.4) is 0 Å². The van der Waals surface area contributed by atoms with E-state index in [-0.39, 0.29) is 6.10 Å². The standard InChI is InChI=1S/C12H14BrNO3/c1-14(12(15)16)7-11-10-3-2-9(13)6-8(10)4-5-17-11/h2-3,6,11H,4-5,7H2,1H3,(H,15,16). The maximum atomic E-state index is 10.8. The Morgan fingerprint density at radius 2 is 2.41 bits per heavy atom. The average Bonchev–Trinajstić information content (AvgIpc) is 2.28. The van der Waals surface area contributed by atoms with E-state index in [0.717, 1.165) is 16.5 Å². The maximum Gasteiger partial charge on any atom is 0.407 e. The fraction of sp³-hybridized carbons (Fsp3) is 0.417. The van der Waals surface area contributed by atoms with Gasteiger partial charge in [-0.25, -0.2) is 4.79 Å². The van der Waals surface area contributed by atoms with Crippen LogP contribution in [0.25, 0.3) is 0 Å². The summed E-state index contributed by atoms with van der Waals surface area (Å²) in [6.45, 7) is 1.01. The van der Waals surface area contributed by atoms with E-state index in [4.69, 9.17) is 9.84 Å². The highest BCUT2D eigenvalue weighted by Crippen LogP contribution is 2.29. The average molecular weight is 300 g/mol. The zero-order chi connectivity index (χ0) is 12.4. The van der Waals surface area contributed by atoms with Crippen LogP contribution in [0.15, 0.2) is 22.7 Å². The van der Waals surface area contributed by atoms with Gasteiger partial charge in [-0.2, -0.15) is 0 Å². The summed E-state index contributed by atoms with van der Waals surface area (Å²) in [5.74, 6) is 0. The first-order valence-electron chi connectivity index (χ1n) is 5.42. The van der Waals surface area contributed by atoms with Gasteiger partial charge < -0.3 is 14.7 Å².